The summed E-state index contributed by atoms with van der Waals surface area (Å²) >= 11 is 1.16. The number of nitrogens with zero attached hydrogens (tertiary/aromatic N) is 2. The number of urea groups is 1. The Hall–Kier alpha value is -2.35. The summed E-state index contributed by atoms with van der Waals surface area (Å²) in [6, 6.07) is 6.66. The van der Waals surface area contributed by atoms with Crippen LogP contribution in [0.3, 0.4) is 0 Å². The van der Waals surface area contributed by atoms with Crippen molar-refractivity contribution in [2.45, 2.75) is 45.8 Å². The van der Waals surface area contributed by atoms with E-state index in [1.165, 1.54) is 0 Å². The van der Waals surface area contributed by atoms with Gasteiger partial charge in [-0.1, -0.05) is 51.6 Å². The molecule has 152 valence electrons. The number of fused-ring (bicyclic) bond motifs is 1. The highest BCUT2D eigenvalue weighted by Crippen LogP contribution is 2.18. The lowest BCUT2D eigenvalue weighted by Gasteiger charge is -2.14. The molecule has 1 aromatic carbocycles. The van der Waals surface area contributed by atoms with E-state index in [4.69, 9.17) is 0 Å². The summed E-state index contributed by atoms with van der Waals surface area (Å²) in [6.45, 7) is 9.19. The van der Waals surface area contributed by atoms with E-state index in [-0.39, 0.29) is 17.2 Å². The van der Waals surface area contributed by atoms with E-state index in [2.05, 4.69) is 29.5 Å². The lowest BCUT2D eigenvalue weighted by atomic mass is 10.1. The van der Waals surface area contributed by atoms with Gasteiger partial charge >= 0.3 is 6.03 Å². The topological polar surface area (TPSA) is 93.1 Å². The van der Waals surface area contributed by atoms with Crippen LogP contribution in [0.2, 0.25) is 0 Å². The van der Waals surface area contributed by atoms with E-state index in [1.807, 2.05) is 26.0 Å². The van der Waals surface area contributed by atoms with Gasteiger partial charge in [0, 0.05) is 13.1 Å². The summed E-state index contributed by atoms with van der Waals surface area (Å²) in [5, 5.41) is 6.01. The number of hydrogen-bond acceptors (Lipinski definition) is 5. The number of imide groups is 1. The van der Waals surface area contributed by atoms with Gasteiger partial charge in [0.1, 0.15) is 0 Å². The van der Waals surface area contributed by atoms with Crippen LogP contribution in [0, 0.1) is 11.8 Å². The van der Waals surface area contributed by atoms with Gasteiger partial charge in [0.25, 0.3) is 5.56 Å². The number of hydrogen-bond donors (Lipinski definition) is 2. The van der Waals surface area contributed by atoms with Crippen LogP contribution in [0.15, 0.2) is 34.2 Å². The number of carbonyl (C=O) groups excluding carboxylic acids is 2. The van der Waals surface area contributed by atoms with Crippen LogP contribution in [0.1, 0.15) is 34.1 Å². The fourth-order valence-electron chi connectivity index (χ4n) is 2.60. The first kappa shape index (κ1) is 21.9. The van der Waals surface area contributed by atoms with Crippen LogP contribution in [-0.4, -0.2) is 33.8 Å². The molecule has 0 aliphatic rings. The minimum absolute atomic E-state index is 0.000472. The maximum atomic E-state index is 12.8. The van der Waals surface area contributed by atoms with Gasteiger partial charge in [0.15, 0.2) is 5.16 Å². The fraction of sp³-hybridized carbons (Fsp3) is 0.500. The van der Waals surface area contributed by atoms with E-state index in [1.54, 1.807) is 16.7 Å². The van der Waals surface area contributed by atoms with Crippen molar-refractivity contribution in [2.24, 2.45) is 11.8 Å². The summed E-state index contributed by atoms with van der Waals surface area (Å²) in [4.78, 5) is 41.2. The van der Waals surface area contributed by atoms with Crippen molar-refractivity contribution in [1.82, 2.24) is 20.2 Å². The number of para-hydroxylation sites is 1. The second-order valence-electron chi connectivity index (χ2n) is 7.50. The minimum Gasteiger partial charge on any atom is -0.338 e. The van der Waals surface area contributed by atoms with E-state index < -0.39 is 11.9 Å². The second kappa shape index (κ2) is 10.3. The quantitative estimate of drug-likeness (QED) is 0.521. The smallest absolute Gasteiger partial charge is 0.321 e. The highest BCUT2D eigenvalue weighted by molar-refractivity contribution is 7.99. The molecule has 0 aliphatic carbocycles. The van der Waals surface area contributed by atoms with Crippen molar-refractivity contribution in [2.75, 3.05) is 12.3 Å². The lowest BCUT2D eigenvalue weighted by Crippen LogP contribution is -2.41. The molecule has 3 amide bonds. The van der Waals surface area contributed by atoms with E-state index in [0.29, 0.717) is 35.1 Å². The molecule has 2 rings (SSSR count). The summed E-state index contributed by atoms with van der Waals surface area (Å²) in [5.41, 5.74) is 0.482. The van der Waals surface area contributed by atoms with Crippen molar-refractivity contribution in [3.05, 3.63) is 34.6 Å². The minimum atomic E-state index is -0.503. The number of benzene rings is 1. The molecule has 0 fully saturated rings. The molecule has 28 heavy (non-hydrogen) atoms. The summed E-state index contributed by atoms with van der Waals surface area (Å²) < 4.78 is 1.60. The van der Waals surface area contributed by atoms with E-state index in [9.17, 15) is 14.4 Å². The van der Waals surface area contributed by atoms with Gasteiger partial charge in [-0.05, 0) is 30.4 Å². The third-order valence-electron chi connectivity index (χ3n) is 3.97. The molecule has 0 unspecified atom stereocenters. The Balaban J connectivity index is 2.07. The van der Waals surface area contributed by atoms with Crippen LogP contribution in [0.25, 0.3) is 10.9 Å². The second-order valence-corrected chi connectivity index (χ2v) is 8.44. The van der Waals surface area contributed by atoms with Crippen LogP contribution in [-0.2, 0) is 11.3 Å². The standard InChI is InChI=1S/C20H28N4O3S/c1-13(2)9-10-21-19(27)23-17(25)12-28-20-22-16-8-6-5-7-15(16)18(26)24(20)11-14(3)4/h5-8,13-14H,9-12H2,1-4H3,(H2,21,23,25,27). The zero-order chi connectivity index (χ0) is 20.7. The monoisotopic (exact) mass is 404 g/mol. The van der Waals surface area contributed by atoms with Crippen molar-refractivity contribution in [1.29, 1.82) is 0 Å². The molecule has 0 bridgehead atoms. The van der Waals surface area contributed by atoms with Gasteiger partial charge in [-0.25, -0.2) is 9.78 Å². The largest absolute Gasteiger partial charge is 0.338 e. The van der Waals surface area contributed by atoms with Crippen molar-refractivity contribution >= 4 is 34.6 Å². The van der Waals surface area contributed by atoms with Crippen molar-refractivity contribution in [3.8, 4) is 0 Å². The molecule has 0 radical (unpaired) electrons. The summed E-state index contributed by atoms with van der Waals surface area (Å²) in [6.07, 6.45) is 0.846. The Bertz CT molecular complexity index is 893. The average molecular weight is 405 g/mol. The number of rotatable bonds is 8. The lowest BCUT2D eigenvalue weighted by molar-refractivity contribution is -0.117. The number of amides is 3. The Kier molecular flexibility index (Phi) is 8.04. The van der Waals surface area contributed by atoms with Gasteiger partial charge < -0.3 is 5.32 Å². The number of aromatic nitrogens is 2. The molecular weight excluding hydrogens is 376 g/mol. The average Bonchev–Trinajstić information content (AvgIpc) is 2.62. The first-order chi connectivity index (χ1) is 13.3. The highest BCUT2D eigenvalue weighted by atomic mass is 32.2. The number of nitrogens with one attached hydrogen (secondary N) is 2. The Morgan fingerprint density at radius 2 is 1.86 bits per heavy atom. The molecule has 2 aromatic rings. The molecule has 8 heteroatoms. The zero-order valence-corrected chi connectivity index (χ0v) is 17.6. The van der Waals surface area contributed by atoms with Crippen LogP contribution < -0.4 is 16.2 Å². The molecule has 0 aliphatic heterocycles. The van der Waals surface area contributed by atoms with E-state index in [0.717, 1.165) is 18.2 Å². The van der Waals surface area contributed by atoms with Crippen LogP contribution >= 0.6 is 11.8 Å². The summed E-state index contributed by atoms with van der Waals surface area (Å²) in [7, 11) is 0. The van der Waals surface area contributed by atoms with E-state index >= 15 is 0 Å². The molecule has 2 N–H and O–H groups in total. The Labute approximate surface area is 169 Å². The fourth-order valence-corrected chi connectivity index (χ4v) is 3.40. The van der Waals surface area contributed by atoms with Crippen molar-refractivity contribution < 1.29 is 9.59 Å². The highest BCUT2D eigenvalue weighted by Gasteiger charge is 2.15. The molecule has 1 aromatic heterocycles. The van der Waals surface area contributed by atoms with Crippen molar-refractivity contribution in [3.63, 3.8) is 0 Å². The normalized spacial score (nSPS) is 11.2. The predicted octanol–water partition coefficient (Wildman–Crippen LogP) is 3.02. The predicted molar refractivity (Wildman–Crippen MR) is 113 cm³/mol. The molecule has 7 nitrogen and oxygen atoms in total. The Morgan fingerprint density at radius 3 is 2.54 bits per heavy atom. The molecule has 0 spiro atoms. The third-order valence-corrected chi connectivity index (χ3v) is 4.94. The molecule has 0 saturated carbocycles. The summed E-state index contributed by atoms with van der Waals surface area (Å²) in [5.74, 6) is 0.301. The molecule has 0 saturated heterocycles. The first-order valence-corrected chi connectivity index (χ1v) is 10.5. The molecule has 1 heterocycles. The number of thioether (sulfide) groups is 1. The van der Waals surface area contributed by atoms with Gasteiger partial charge in [-0.15, -0.1) is 0 Å². The maximum Gasteiger partial charge on any atom is 0.321 e. The first-order valence-electron chi connectivity index (χ1n) is 9.48. The van der Waals surface area contributed by atoms with Crippen LogP contribution in [0.5, 0.6) is 0 Å². The third kappa shape index (κ3) is 6.37. The van der Waals surface area contributed by atoms with Gasteiger partial charge in [0.05, 0.1) is 16.7 Å². The van der Waals surface area contributed by atoms with Gasteiger partial charge in [-0.3, -0.25) is 19.5 Å². The maximum absolute atomic E-state index is 12.8. The molecular formula is C20H28N4O3S. The van der Waals surface area contributed by atoms with Crippen LogP contribution in [0.4, 0.5) is 4.79 Å². The SMILES string of the molecule is CC(C)CCNC(=O)NC(=O)CSc1nc2ccccc2c(=O)n1CC(C)C. The zero-order valence-electron chi connectivity index (χ0n) is 16.8. The number of carbonyl (C=O) groups is 2. The Morgan fingerprint density at radius 1 is 1.14 bits per heavy atom. The van der Waals surface area contributed by atoms with Gasteiger partial charge in [0.2, 0.25) is 5.91 Å². The molecule has 0 atom stereocenters. The van der Waals surface area contributed by atoms with Gasteiger partial charge in [-0.2, -0.15) is 0 Å².